The molecule has 0 bridgehead atoms. The van der Waals surface area contributed by atoms with E-state index in [2.05, 4.69) is 10.6 Å². The maximum absolute atomic E-state index is 12.0. The minimum atomic E-state index is -0.185. The van der Waals surface area contributed by atoms with Gasteiger partial charge in [-0.15, -0.1) is 12.4 Å². The molecule has 1 amide bonds. The van der Waals surface area contributed by atoms with Gasteiger partial charge in [0.15, 0.2) is 0 Å². The van der Waals surface area contributed by atoms with E-state index >= 15 is 0 Å². The highest BCUT2D eigenvalue weighted by molar-refractivity contribution is 6.30. The fraction of sp³-hybridized carbons (Fsp3) is 0.533. The van der Waals surface area contributed by atoms with Crippen molar-refractivity contribution in [2.45, 2.75) is 37.6 Å². The normalized spacial score (nSPS) is 16.5. The SMILES string of the molecule is CNCCC(=O)NC1(c2ccc(Cl)cc2)CCCC1.Cl. The van der Waals surface area contributed by atoms with Gasteiger partial charge in [-0.25, -0.2) is 0 Å². The molecule has 0 spiro atoms. The molecule has 1 saturated carbocycles. The predicted molar refractivity (Wildman–Crippen MR) is 85.5 cm³/mol. The maximum atomic E-state index is 12.0. The molecule has 0 aliphatic heterocycles. The molecule has 0 heterocycles. The van der Waals surface area contributed by atoms with Crippen molar-refractivity contribution in [3.63, 3.8) is 0 Å². The van der Waals surface area contributed by atoms with Gasteiger partial charge in [0.25, 0.3) is 0 Å². The Morgan fingerprint density at radius 1 is 1.25 bits per heavy atom. The molecule has 1 aliphatic carbocycles. The first-order valence-corrected chi connectivity index (χ1v) is 7.26. The van der Waals surface area contributed by atoms with Crippen LogP contribution < -0.4 is 10.6 Å². The Kier molecular flexibility index (Phi) is 6.80. The molecule has 5 heteroatoms. The second-order valence-electron chi connectivity index (χ2n) is 5.20. The standard InChI is InChI=1S/C15H21ClN2O.ClH/c1-17-11-8-14(19)18-15(9-2-3-10-15)12-4-6-13(16)7-5-12;/h4-7,17H,2-3,8-11H2,1H3,(H,18,19);1H. The van der Waals surface area contributed by atoms with Crippen LogP contribution in [0.2, 0.25) is 5.02 Å². The smallest absolute Gasteiger partial charge is 0.221 e. The van der Waals surface area contributed by atoms with Gasteiger partial charge in [-0.3, -0.25) is 4.79 Å². The molecule has 2 N–H and O–H groups in total. The van der Waals surface area contributed by atoms with E-state index < -0.39 is 0 Å². The van der Waals surface area contributed by atoms with Gasteiger partial charge in [-0.05, 0) is 37.6 Å². The predicted octanol–water partition coefficient (Wildman–Crippen LogP) is 3.26. The number of carbonyl (C=O) groups is 1. The van der Waals surface area contributed by atoms with Crippen LogP contribution in [-0.2, 0) is 10.3 Å². The lowest BCUT2D eigenvalue weighted by Crippen LogP contribution is -2.44. The Morgan fingerprint density at radius 3 is 2.40 bits per heavy atom. The van der Waals surface area contributed by atoms with E-state index in [0.29, 0.717) is 13.0 Å². The Bertz CT molecular complexity index is 428. The van der Waals surface area contributed by atoms with E-state index in [4.69, 9.17) is 11.6 Å². The number of amides is 1. The minimum absolute atomic E-state index is 0. The molecule has 0 radical (unpaired) electrons. The lowest BCUT2D eigenvalue weighted by molar-refractivity contribution is -0.123. The van der Waals surface area contributed by atoms with Crippen LogP contribution in [0, 0.1) is 0 Å². The topological polar surface area (TPSA) is 41.1 Å². The number of halogens is 2. The first-order valence-electron chi connectivity index (χ1n) is 6.88. The first-order chi connectivity index (χ1) is 9.16. The van der Waals surface area contributed by atoms with Gasteiger partial charge in [0.1, 0.15) is 0 Å². The molecule has 0 atom stereocenters. The van der Waals surface area contributed by atoms with E-state index in [1.54, 1.807) is 0 Å². The summed E-state index contributed by atoms with van der Waals surface area (Å²) in [5, 5.41) is 6.98. The number of hydrogen-bond acceptors (Lipinski definition) is 2. The van der Waals surface area contributed by atoms with Gasteiger partial charge in [0.2, 0.25) is 5.91 Å². The van der Waals surface area contributed by atoms with E-state index in [1.165, 1.54) is 5.56 Å². The number of rotatable bonds is 5. The van der Waals surface area contributed by atoms with Crippen molar-refractivity contribution in [3.8, 4) is 0 Å². The van der Waals surface area contributed by atoms with Crippen molar-refractivity contribution >= 4 is 29.9 Å². The fourth-order valence-electron chi connectivity index (χ4n) is 2.80. The molecule has 0 saturated heterocycles. The maximum Gasteiger partial charge on any atom is 0.221 e. The van der Waals surface area contributed by atoms with Crippen molar-refractivity contribution in [3.05, 3.63) is 34.9 Å². The van der Waals surface area contributed by atoms with Crippen LogP contribution in [0.15, 0.2) is 24.3 Å². The van der Waals surface area contributed by atoms with E-state index in [0.717, 1.165) is 30.7 Å². The van der Waals surface area contributed by atoms with Crippen molar-refractivity contribution < 1.29 is 4.79 Å². The van der Waals surface area contributed by atoms with Crippen LogP contribution in [0.3, 0.4) is 0 Å². The molecule has 20 heavy (non-hydrogen) atoms. The molecule has 1 fully saturated rings. The summed E-state index contributed by atoms with van der Waals surface area (Å²) < 4.78 is 0. The summed E-state index contributed by atoms with van der Waals surface area (Å²) in [4.78, 5) is 12.0. The number of hydrogen-bond donors (Lipinski definition) is 2. The molecule has 0 unspecified atom stereocenters. The van der Waals surface area contributed by atoms with Gasteiger partial charge < -0.3 is 10.6 Å². The van der Waals surface area contributed by atoms with Crippen LogP contribution >= 0.6 is 24.0 Å². The van der Waals surface area contributed by atoms with E-state index in [-0.39, 0.29) is 23.9 Å². The van der Waals surface area contributed by atoms with Crippen molar-refractivity contribution in [2.75, 3.05) is 13.6 Å². The summed E-state index contributed by atoms with van der Waals surface area (Å²) in [5.74, 6) is 0.117. The van der Waals surface area contributed by atoms with Crippen molar-refractivity contribution in [1.29, 1.82) is 0 Å². The zero-order valence-electron chi connectivity index (χ0n) is 11.7. The van der Waals surface area contributed by atoms with E-state index in [1.807, 2.05) is 31.3 Å². The second-order valence-corrected chi connectivity index (χ2v) is 5.63. The largest absolute Gasteiger partial charge is 0.347 e. The molecule has 3 nitrogen and oxygen atoms in total. The van der Waals surface area contributed by atoms with Gasteiger partial charge >= 0.3 is 0 Å². The van der Waals surface area contributed by atoms with Crippen molar-refractivity contribution in [2.24, 2.45) is 0 Å². The van der Waals surface area contributed by atoms with Gasteiger partial charge in [0, 0.05) is 18.0 Å². The summed E-state index contributed by atoms with van der Waals surface area (Å²) in [7, 11) is 1.86. The molecular weight excluding hydrogens is 295 g/mol. The summed E-state index contributed by atoms with van der Waals surface area (Å²) >= 11 is 5.94. The average Bonchev–Trinajstić information content (AvgIpc) is 2.86. The van der Waals surface area contributed by atoms with Crippen LogP contribution in [0.1, 0.15) is 37.7 Å². The van der Waals surface area contributed by atoms with Gasteiger partial charge in [-0.2, -0.15) is 0 Å². The molecule has 0 aromatic heterocycles. The van der Waals surface area contributed by atoms with Crippen LogP contribution in [-0.4, -0.2) is 19.5 Å². The Balaban J connectivity index is 0.00000200. The average molecular weight is 317 g/mol. The van der Waals surface area contributed by atoms with Crippen LogP contribution in [0.5, 0.6) is 0 Å². The molecule has 1 aromatic rings. The Labute approximate surface area is 131 Å². The second kappa shape index (κ2) is 7.87. The highest BCUT2D eigenvalue weighted by Gasteiger charge is 2.36. The van der Waals surface area contributed by atoms with Gasteiger partial charge in [-0.1, -0.05) is 36.6 Å². The number of benzene rings is 1. The summed E-state index contributed by atoms with van der Waals surface area (Å²) in [6.07, 6.45) is 4.87. The monoisotopic (exact) mass is 316 g/mol. The number of nitrogens with one attached hydrogen (secondary N) is 2. The fourth-order valence-corrected chi connectivity index (χ4v) is 2.93. The zero-order chi connectivity index (χ0) is 13.7. The first kappa shape index (κ1) is 17.3. The quantitative estimate of drug-likeness (QED) is 0.875. The van der Waals surface area contributed by atoms with E-state index in [9.17, 15) is 4.79 Å². The lowest BCUT2D eigenvalue weighted by atomic mass is 9.88. The highest BCUT2D eigenvalue weighted by Crippen LogP contribution is 2.39. The zero-order valence-corrected chi connectivity index (χ0v) is 13.3. The third kappa shape index (κ3) is 4.11. The highest BCUT2D eigenvalue weighted by atomic mass is 35.5. The van der Waals surface area contributed by atoms with Crippen molar-refractivity contribution in [1.82, 2.24) is 10.6 Å². The summed E-state index contributed by atoms with van der Waals surface area (Å²) in [6, 6.07) is 7.87. The number of carbonyl (C=O) groups excluding carboxylic acids is 1. The molecule has 1 aromatic carbocycles. The third-order valence-corrected chi connectivity index (χ3v) is 4.09. The van der Waals surface area contributed by atoms with Crippen LogP contribution in [0.4, 0.5) is 0 Å². The molecule has 1 aliphatic rings. The Hall–Kier alpha value is -0.770. The molecular formula is C15H22Cl2N2O. The molecule has 2 rings (SSSR count). The summed E-state index contributed by atoms with van der Waals surface area (Å²) in [5.41, 5.74) is 0.988. The van der Waals surface area contributed by atoms with Crippen LogP contribution in [0.25, 0.3) is 0 Å². The Morgan fingerprint density at radius 2 is 1.85 bits per heavy atom. The lowest BCUT2D eigenvalue weighted by Gasteiger charge is -2.31. The van der Waals surface area contributed by atoms with Gasteiger partial charge in [0.05, 0.1) is 5.54 Å². The minimum Gasteiger partial charge on any atom is -0.347 e. The molecule has 112 valence electrons. The summed E-state index contributed by atoms with van der Waals surface area (Å²) in [6.45, 7) is 0.711. The third-order valence-electron chi connectivity index (χ3n) is 3.83.